The Morgan fingerprint density at radius 1 is 0.176 bits per heavy atom. The monoisotopic (exact) mass is 940 g/mol. The molecule has 342 valence electrons. The van der Waals surface area contributed by atoms with Crippen molar-refractivity contribution in [2.45, 2.75) is 0 Å². The third-order valence-corrected chi connectivity index (χ3v) is 14.6. The first-order chi connectivity index (χ1) is 36.6. The van der Waals surface area contributed by atoms with Crippen LogP contribution in [0.3, 0.4) is 0 Å². The minimum Gasteiger partial charge on any atom is -0.208 e. The Labute approximate surface area is 427 Å². The number of rotatable bonds is 8. The zero-order valence-corrected chi connectivity index (χ0v) is 39.8. The summed E-state index contributed by atoms with van der Waals surface area (Å²) in [6.07, 6.45) is 0. The summed E-state index contributed by atoms with van der Waals surface area (Å²) in [5, 5.41) is 4.77. The van der Waals surface area contributed by atoms with Crippen molar-refractivity contribution in [1.82, 2.24) is 29.9 Å². The third kappa shape index (κ3) is 6.88. The highest BCUT2D eigenvalue weighted by molar-refractivity contribution is 6.19. The summed E-state index contributed by atoms with van der Waals surface area (Å²) >= 11 is 0. The molecule has 0 atom stereocenters. The zero-order valence-electron chi connectivity index (χ0n) is 39.8. The van der Waals surface area contributed by atoms with Crippen LogP contribution in [0, 0.1) is 0 Å². The van der Waals surface area contributed by atoms with Gasteiger partial charge >= 0.3 is 0 Å². The molecular formula is C68H40N6. The van der Waals surface area contributed by atoms with Crippen LogP contribution in [0.2, 0.25) is 0 Å². The molecule has 0 saturated carbocycles. The van der Waals surface area contributed by atoms with Crippen LogP contribution in [-0.2, 0) is 0 Å². The number of nitrogens with zero attached hydrogens (tertiary/aromatic N) is 6. The van der Waals surface area contributed by atoms with Crippen molar-refractivity contribution in [3.63, 3.8) is 0 Å². The lowest BCUT2D eigenvalue weighted by Gasteiger charge is -2.13. The van der Waals surface area contributed by atoms with Crippen LogP contribution >= 0.6 is 0 Å². The Hall–Kier alpha value is -10.0. The van der Waals surface area contributed by atoms with Gasteiger partial charge in [0.1, 0.15) is 0 Å². The van der Waals surface area contributed by atoms with E-state index in [0.29, 0.717) is 34.9 Å². The van der Waals surface area contributed by atoms with Gasteiger partial charge in [0.25, 0.3) is 0 Å². The predicted molar refractivity (Wildman–Crippen MR) is 301 cm³/mol. The van der Waals surface area contributed by atoms with Crippen molar-refractivity contribution in [2.75, 3.05) is 0 Å². The number of benzene rings is 11. The first kappa shape index (κ1) is 41.7. The van der Waals surface area contributed by atoms with Crippen LogP contribution in [0.15, 0.2) is 243 Å². The molecule has 2 aromatic heterocycles. The van der Waals surface area contributed by atoms with Crippen molar-refractivity contribution < 1.29 is 0 Å². The molecule has 0 bridgehead atoms. The van der Waals surface area contributed by atoms with Crippen molar-refractivity contribution in [2.24, 2.45) is 0 Å². The summed E-state index contributed by atoms with van der Waals surface area (Å²) in [7, 11) is 0. The average Bonchev–Trinajstić information content (AvgIpc) is 4.02. The lowest BCUT2D eigenvalue weighted by atomic mass is 9.92. The summed E-state index contributed by atoms with van der Waals surface area (Å²) in [5.41, 5.74) is 19.7. The largest absolute Gasteiger partial charge is 0.208 e. The molecule has 0 fully saturated rings. The molecule has 0 saturated heterocycles. The molecular weight excluding hydrogens is 901 g/mol. The molecule has 2 aliphatic rings. The van der Waals surface area contributed by atoms with Gasteiger partial charge in [-0.15, -0.1) is 0 Å². The first-order valence-corrected chi connectivity index (χ1v) is 24.9. The Balaban J connectivity index is 0.841. The molecule has 0 spiro atoms. The molecule has 0 amide bonds. The third-order valence-electron chi connectivity index (χ3n) is 14.6. The standard InChI is InChI=1S/C68H40N6/c1-4-16-41(17-5-1)42-32-34-45(35-33-42)65-69-63(43-18-6-2-7-19-43)71-67(73-65)51-38-48-24-14-31-57-61(48)59(40-51)56-30-15-28-52(62(56)57)46-22-12-25-49(36-46)66-70-64(44-20-8-3-9-21-44)72-68(74-66)50-37-47-23-13-29-55-53-26-10-11-27-54(53)58(39-50)60(47)55/h1-40H. The fourth-order valence-electron chi connectivity index (χ4n) is 11.2. The maximum absolute atomic E-state index is 5.29. The normalized spacial score (nSPS) is 11.8. The van der Waals surface area contributed by atoms with Crippen molar-refractivity contribution in [1.29, 1.82) is 0 Å². The quantitative estimate of drug-likeness (QED) is 0.151. The fourth-order valence-corrected chi connectivity index (χ4v) is 11.2. The van der Waals surface area contributed by atoms with Crippen molar-refractivity contribution >= 4 is 21.5 Å². The SMILES string of the molecule is c1ccc(-c2ccc(-c3nc(-c4ccccc4)nc(-c4cc5c6c(cccc6c4)-c4c(-c6cccc(-c7nc(-c8ccccc8)nc(-c8cc9c%10c(cccc%10c8)-c8ccccc8-9)n7)c6)cccc4-5)n3)cc2)cc1. The minimum atomic E-state index is 0.614. The molecule has 0 radical (unpaired) electrons. The van der Waals surface area contributed by atoms with Crippen LogP contribution in [-0.4, -0.2) is 29.9 Å². The van der Waals surface area contributed by atoms with E-state index in [1.165, 1.54) is 44.2 Å². The van der Waals surface area contributed by atoms with Crippen LogP contribution < -0.4 is 0 Å². The van der Waals surface area contributed by atoms with Crippen molar-refractivity contribution in [3.05, 3.63) is 243 Å². The van der Waals surface area contributed by atoms with E-state index in [1.807, 2.05) is 42.5 Å². The number of fused-ring (bicyclic) bond motifs is 6. The molecule has 15 rings (SSSR count). The van der Waals surface area contributed by atoms with E-state index in [-0.39, 0.29) is 0 Å². The molecule has 13 aromatic rings. The minimum absolute atomic E-state index is 0.614. The lowest BCUT2D eigenvalue weighted by molar-refractivity contribution is 1.07. The second-order valence-corrected chi connectivity index (χ2v) is 19.0. The van der Waals surface area contributed by atoms with Gasteiger partial charge in [-0.3, -0.25) is 0 Å². The fraction of sp³-hybridized carbons (Fsp3) is 0. The second-order valence-electron chi connectivity index (χ2n) is 19.0. The molecule has 2 heterocycles. The van der Waals surface area contributed by atoms with Gasteiger partial charge in [-0.1, -0.05) is 212 Å². The van der Waals surface area contributed by atoms with Crippen LogP contribution in [0.4, 0.5) is 0 Å². The van der Waals surface area contributed by atoms with E-state index in [1.54, 1.807) is 0 Å². The Kier molecular flexibility index (Phi) is 9.47. The molecule has 6 heteroatoms. The molecule has 2 aliphatic carbocycles. The van der Waals surface area contributed by atoms with E-state index in [2.05, 4.69) is 200 Å². The lowest BCUT2D eigenvalue weighted by Crippen LogP contribution is -2.00. The molecule has 0 unspecified atom stereocenters. The second kappa shape index (κ2) is 16.8. The van der Waals surface area contributed by atoms with Crippen molar-refractivity contribution in [3.8, 4) is 135 Å². The van der Waals surface area contributed by atoms with E-state index < -0.39 is 0 Å². The predicted octanol–water partition coefficient (Wildman–Crippen LogP) is 17.0. The topological polar surface area (TPSA) is 77.3 Å². The Morgan fingerprint density at radius 2 is 0.527 bits per heavy atom. The highest BCUT2D eigenvalue weighted by Crippen LogP contribution is 2.53. The van der Waals surface area contributed by atoms with Crippen LogP contribution in [0.5, 0.6) is 0 Å². The molecule has 0 N–H and O–H groups in total. The Bertz CT molecular complexity index is 4400. The number of aromatic nitrogens is 6. The molecule has 0 aliphatic heterocycles. The number of hydrogen-bond donors (Lipinski definition) is 0. The summed E-state index contributed by atoms with van der Waals surface area (Å²) in [6, 6.07) is 85.3. The van der Waals surface area contributed by atoms with Gasteiger partial charge < -0.3 is 0 Å². The zero-order chi connectivity index (χ0) is 48.7. The van der Waals surface area contributed by atoms with E-state index in [9.17, 15) is 0 Å². The van der Waals surface area contributed by atoms with Gasteiger partial charge in [-0.25, -0.2) is 29.9 Å². The van der Waals surface area contributed by atoms with E-state index in [4.69, 9.17) is 29.9 Å². The highest BCUT2D eigenvalue weighted by atomic mass is 15.0. The van der Waals surface area contributed by atoms with Crippen LogP contribution in [0.1, 0.15) is 0 Å². The summed E-state index contributed by atoms with van der Waals surface area (Å²) < 4.78 is 0. The summed E-state index contributed by atoms with van der Waals surface area (Å²) in [4.78, 5) is 31.1. The van der Waals surface area contributed by atoms with Gasteiger partial charge in [0.05, 0.1) is 0 Å². The highest BCUT2D eigenvalue weighted by Gasteiger charge is 2.27. The maximum atomic E-state index is 5.29. The molecule has 11 aromatic carbocycles. The van der Waals surface area contributed by atoms with E-state index >= 15 is 0 Å². The van der Waals surface area contributed by atoms with Gasteiger partial charge in [-0.05, 0) is 119 Å². The summed E-state index contributed by atoms with van der Waals surface area (Å²) in [6.45, 7) is 0. The first-order valence-electron chi connectivity index (χ1n) is 24.9. The Morgan fingerprint density at radius 3 is 1.12 bits per heavy atom. The average molecular weight is 941 g/mol. The van der Waals surface area contributed by atoms with Gasteiger partial charge in [-0.2, -0.15) is 0 Å². The molecule has 74 heavy (non-hydrogen) atoms. The van der Waals surface area contributed by atoms with Gasteiger partial charge in [0.15, 0.2) is 34.9 Å². The van der Waals surface area contributed by atoms with Crippen LogP contribution in [0.25, 0.3) is 157 Å². The van der Waals surface area contributed by atoms with Gasteiger partial charge in [0, 0.05) is 33.4 Å². The van der Waals surface area contributed by atoms with Gasteiger partial charge in [0.2, 0.25) is 0 Å². The van der Waals surface area contributed by atoms with E-state index in [0.717, 1.165) is 77.5 Å². The maximum Gasteiger partial charge on any atom is 0.164 e. The smallest absolute Gasteiger partial charge is 0.164 e. The molecule has 6 nitrogen and oxygen atoms in total. The number of hydrogen-bond acceptors (Lipinski definition) is 6. The summed E-state index contributed by atoms with van der Waals surface area (Å²) in [5.74, 6) is 3.75.